The maximum Gasteiger partial charge on any atom is 0.161 e. The lowest BCUT2D eigenvalue weighted by molar-refractivity contribution is 0.284. The summed E-state index contributed by atoms with van der Waals surface area (Å²) in [6, 6.07) is 25.7. The number of benzene rings is 3. The molecule has 0 N–H and O–H groups in total. The van der Waals surface area contributed by atoms with E-state index in [1.54, 1.807) is 7.11 Å². The average molecular weight is 467 g/mol. The van der Waals surface area contributed by atoms with Gasteiger partial charge in [0.25, 0.3) is 0 Å². The Labute approximate surface area is 173 Å². The first-order chi connectivity index (χ1) is 13.2. The number of halogens is 1. The van der Waals surface area contributed by atoms with Gasteiger partial charge in [-0.25, -0.2) is 0 Å². The van der Waals surface area contributed by atoms with Crippen molar-refractivity contribution in [2.75, 3.05) is 7.11 Å². The third-order valence-corrected chi connectivity index (χ3v) is 4.73. The topological polar surface area (TPSA) is 42.2 Å². The van der Waals surface area contributed by atoms with Gasteiger partial charge in [-0.05, 0) is 69.6 Å². The van der Waals surface area contributed by atoms with Crippen LogP contribution in [0.2, 0.25) is 0 Å². The van der Waals surface area contributed by atoms with Gasteiger partial charge in [-0.15, -0.1) is 0 Å². The zero-order valence-corrected chi connectivity index (χ0v) is 17.0. The Kier molecular flexibility index (Phi) is 6.50. The molecule has 0 saturated carbocycles. The highest BCUT2D eigenvalue weighted by atomic mass is 127. The van der Waals surface area contributed by atoms with E-state index < -0.39 is 0 Å². The molecule has 0 heterocycles. The Morgan fingerprint density at radius 1 is 1.00 bits per heavy atom. The van der Waals surface area contributed by atoms with E-state index in [0.29, 0.717) is 23.7 Å². The normalized spacial score (nSPS) is 10.9. The van der Waals surface area contributed by atoms with Crippen LogP contribution >= 0.6 is 22.6 Å². The number of rotatable bonds is 6. The van der Waals surface area contributed by atoms with E-state index in [-0.39, 0.29) is 0 Å². The number of nitriles is 1. The van der Waals surface area contributed by atoms with Crippen molar-refractivity contribution >= 4 is 34.2 Å². The van der Waals surface area contributed by atoms with E-state index in [0.717, 1.165) is 16.7 Å². The average Bonchev–Trinajstić information content (AvgIpc) is 2.72. The summed E-state index contributed by atoms with van der Waals surface area (Å²) in [7, 11) is 1.61. The molecule has 0 fully saturated rings. The number of hydrogen-bond acceptors (Lipinski definition) is 3. The first-order valence-corrected chi connectivity index (χ1v) is 9.50. The number of methoxy groups -OCH3 is 1. The maximum atomic E-state index is 9.48. The predicted molar refractivity (Wildman–Crippen MR) is 116 cm³/mol. The van der Waals surface area contributed by atoms with Gasteiger partial charge in [0.05, 0.1) is 18.8 Å². The highest BCUT2D eigenvalue weighted by molar-refractivity contribution is 14.1. The number of ether oxygens (including phenoxy) is 2. The molecule has 134 valence electrons. The molecule has 0 aliphatic rings. The highest BCUT2D eigenvalue weighted by Crippen LogP contribution is 2.30. The first-order valence-electron chi connectivity index (χ1n) is 8.42. The minimum atomic E-state index is 0.468. The van der Waals surface area contributed by atoms with E-state index in [1.165, 1.54) is 3.57 Å². The van der Waals surface area contributed by atoms with Crippen LogP contribution in [-0.4, -0.2) is 7.11 Å². The third kappa shape index (κ3) is 5.11. The van der Waals surface area contributed by atoms with Gasteiger partial charge in [0.15, 0.2) is 11.5 Å². The summed E-state index contributed by atoms with van der Waals surface area (Å²) >= 11 is 2.28. The molecule has 3 aromatic carbocycles. The van der Waals surface area contributed by atoms with Gasteiger partial charge in [0.2, 0.25) is 0 Å². The van der Waals surface area contributed by atoms with Crippen molar-refractivity contribution in [2.24, 2.45) is 0 Å². The molecule has 0 radical (unpaired) electrons. The molecular weight excluding hydrogens is 449 g/mol. The Hall–Kier alpha value is -2.78. The molecule has 4 heteroatoms. The van der Waals surface area contributed by atoms with Crippen molar-refractivity contribution in [2.45, 2.75) is 6.61 Å². The van der Waals surface area contributed by atoms with Gasteiger partial charge in [-0.2, -0.15) is 5.26 Å². The molecule has 0 saturated heterocycles. The summed E-state index contributed by atoms with van der Waals surface area (Å²) in [6.07, 6.45) is 1.85. The zero-order valence-electron chi connectivity index (χ0n) is 14.9. The lowest BCUT2D eigenvalue weighted by Gasteiger charge is -2.12. The summed E-state index contributed by atoms with van der Waals surface area (Å²) in [4.78, 5) is 0. The maximum absolute atomic E-state index is 9.48. The quantitative estimate of drug-likeness (QED) is 0.256. The second-order valence-corrected chi connectivity index (χ2v) is 7.11. The van der Waals surface area contributed by atoms with Crippen molar-refractivity contribution in [1.29, 1.82) is 5.26 Å². The monoisotopic (exact) mass is 467 g/mol. The summed E-state index contributed by atoms with van der Waals surface area (Å²) < 4.78 is 12.6. The summed E-state index contributed by atoms with van der Waals surface area (Å²) in [5, 5.41) is 9.48. The summed E-state index contributed by atoms with van der Waals surface area (Å²) in [5.74, 6) is 1.31. The molecule has 3 rings (SSSR count). The van der Waals surface area contributed by atoms with Gasteiger partial charge < -0.3 is 9.47 Å². The Morgan fingerprint density at radius 2 is 1.74 bits per heavy atom. The van der Waals surface area contributed by atoms with E-state index in [1.807, 2.05) is 66.7 Å². The minimum absolute atomic E-state index is 0.468. The molecule has 0 aliphatic heterocycles. The summed E-state index contributed by atoms with van der Waals surface area (Å²) in [5.41, 5.74) is 3.47. The lowest BCUT2D eigenvalue weighted by atomic mass is 10.0. The van der Waals surface area contributed by atoms with Crippen LogP contribution in [-0.2, 0) is 6.61 Å². The van der Waals surface area contributed by atoms with Crippen LogP contribution < -0.4 is 9.47 Å². The SMILES string of the molecule is COc1cc(/C=C(\C#N)c2ccccc2)ccc1OCc1ccc(I)cc1. The van der Waals surface area contributed by atoms with Crippen LogP contribution in [0.3, 0.4) is 0 Å². The van der Waals surface area contributed by atoms with Crippen LogP contribution in [0.25, 0.3) is 11.6 Å². The Morgan fingerprint density at radius 3 is 2.41 bits per heavy atom. The van der Waals surface area contributed by atoms with Gasteiger partial charge in [0, 0.05) is 3.57 Å². The molecule has 0 spiro atoms. The number of hydrogen-bond donors (Lipinski definition) is 0. The first kappa shape index (κ1) is 19.0. The van der Waals surface area contributed by atoms with Crippen LogP contribution in [0.5, 0.6) is 11.5 Å². The van der Waals surface area contributed by atoms with Gasteiger partial charge in [0.1, 0.15) is 6.61 Å². The highest BCUT2D eigenvalue weighted by Gasteiger charge is 2.07. The van der Waals surface area contributed by atoms with Gasteiger partial charge in [-0.1, -0.05) is 48.5 Å². The van der Waals surface area contributed by atoms with Crippen molar-refractivity contribution in [3.63, 3.8) is 0 Å². The minimum Gasteiger partial charge on any atom is -0.493 e. The fraction of sp³-hybridized carbons (Fsp3) is 0.0870. The number of nitrogens with zero attached hydrogens (tertiary/aromatic N) is 1. The Bertz CT molecular complexity index is 974. The van der Waals surface area contributed by atoms with Gasteiger partial charge >= 0.3 is 0 Å². The number of allylic oxidation sites excluding steroid dienone is 1. The van der Waals surface area contributed by atoms with E-state index in [2.05, 4.69) is 40.8 Å². The third-order valence-electron chi connectivity index (χ3n) is 4.01. The predicted octanol–water partition coefficient (Wildman–Crippen LogP) is 5.94. The second-order valence-electron chi connectivity index (χ2n) is 5.86. The van der Waals surface area contributed by atoms with Crippen molar-refractivity contribution in [1.82, 2.24) is 0 Å². The van der Waals surface area contributed by atoms with E-state index in [4.69, 9.17) is 9.47 Å². The molecule has 0 aromatic heterocycles. The smallest absolute Gasteiger partial charge is 0.161 e. The van der Waals surface area contributed by atoms with Crippen LogP contribution in [0.4, 0.5) is 0 Å². The standard InChI is InChI=1S/C23H18INO2/c1-26-23-14-18(13-20(15-25)19-5-3-2-4-6-19)9-12-22(23)27-16-17-7-10-21(24)11-8-17/h2-14H,16H2,1H3/b20-13+. The fourth-order valence-corrected chi connectivity index (χ4v) is 2.96. The summed E-state index contributed by atoms with van der Waals surface area (Å²) in [6.45, 7) is 0.468. The molecule has 0 atom stereocenters. The fourth-order valence-electron chi connectivity index (χ4n) is 2.60. The molecule has 0 amide bonds. The van der Waals surface area contributed by atoms with Crippen LogP contribution in [0, 0.1) is 14.9 Å². The zero-order chi connectivity index (χ0) is 19.1. The molecule has 0 unspecified atom stereocenters. The molecule has 3 aromatic rings. The van der Waals surface area contributed by atoms with Crippen molar-refractivity contribution < 1.29 is 9.47 Å². The van der Waals surface area contributed by atoms with Crippen LogP contribution in [0.1, 0.15) is 16.7 Å². The van der Waals surface area contributed by atoms with Crippen molar-refractivity contribution in [3.05, 3.63) is 93.1 Å². The molecule has 0 bridgehead atoms. The molecule has 27 heavy (non-hydrogen) atoms. The molecule has 0 aliphatic carbocycles. The Balaban J connectivity index is 1.80. The molecule has 3 nitrogen and oxygen atoms in total. The van der Waals surface area contributed by atoms with E-state index in [9.17, 15) is 5.26 Å². The van der Waals surface area contributed by atoms with E-state index >= 15 is 0 Å². The van der Waals surface area contributed by atoms with Crippen LogP contribution in [0.15, 0.2) is 72.8 Å². The second kappa shape index (κ2) is 9.24. The molecular formula is C23H18INO2. The van der Waals surface area contributed by atoms with Crippen molar-refractivity contribution in [3.8, 4) is 17.6 Å². The van der Waals surface area contributed by atoms with Gasteiger partial charge in [-0.3, -0.25) is 0 Å². The largest absolute Gasteiger partial charge is 0.493 e. The lowest BCUT2D eigenvalue weighted by Crippen LogP contribution is -1.98.